The van der Waals surface area contributed by atoms with E-state index in [1.165, 1.54) is 11.1 Å². The Hall–Kier alpha value is -2.85. The summed E-state index contributed by atoms with van der Waals surface area (Å²) in [6.07, 6.45) is 0.889. The van der Waals surface area contributed by atoms with Gasteiger partial charge >= 0.3 is 0 Å². The van der Waals surface area contributed by atoms with Gasteiger partial charge in [0.2, 0.25) is 0 Å². The van der Waals surface area contributed by atoms with Crippen LogP contribution in [0.3, 0.4) is 0 Å². The summed E-state index contributed by atoms with van der Waals surface area (Å²) in [6.45, 7) is 1.34. The number of benzene rings is 3. The zero-order valence-corrected chi connectivity index (χ0v) is 13.8. The summed E-state index contributed by atoms with van der Waals surface area (Å²) in [5.41, 5.74) is 2.96. The zero-order valence-electron chi connectivity index (χ0n) is 13.8. The Bertz CT molecular complexity index is 936. The molecule has 25 heavy (non-hydrogen) atoms. The number of phenolic OH excluding ortho intramolecular Hbond substituents is 1. The quantitative estimate of drug-likeness (QED) is 0.691. The summed E-state index contributed by atoms with van der Waals surface area (Å²) >= 11 is 0. The van der Waals surface area contributed by atoms with E-state index in [0.717, 1.165) is 23.7 Å². The van der Waals surface area contributed by atoms with Gasteiger partial charge in [-0.15, -0.1) is 0 Å². The lowest BCUT2D eigenvalue weighted by Gasteiger charge is -2.26. The molecule has 0 spiro atoms. The average molecular weight is 332 g/mol. The van der Waals surface area contributed by atoms with Crippen LogP contribution in [0.2, 0.25) is 0 Å². The van der Waals surface area contributed by atoms with Crippen LogP contribution in [0, 0.1) is 0 Å². The number of carbonyl (C=O) groups excluding carboxylic acids is 1. The third-order valence-electron chi connectivity index (χ3n) is 4.78. The van der Waals surface area contributed by atoms with Crippen molar-refractivity contribution in [3.63, 3.8) is 0 Å². The van der Waals surface area contributed by atoms with Crippen molar-refractivity contribution in [2.75, 3.05) is 6.54 Å². The predicted octanol–water partition coefficient (Wildman–Crippen LogP) is 2.99. The number of fused-ring (bicyclic) bond motifs is 2. The molecule has 126 valence electrons. The van der Waals surface area contributed by atoms with Gasteiger partial charge < -0.3 is 15.7 Å². The number of nitrogens with one attached hydrogen (secondary N) is 2. The summed E-state index contributed by atoms with van der Waals surface area (Å²) in [7, 11) is 0. The van der Waals surface area contributed by atoms with Gasteiger partial charge in [0.25, 0.3) is 5.91 Å². The highest BCUT2D eigenvalue weighted by atomic mass is 16.3. The topological polar surface area (TPSA) is 61.4 Å². The van der Waals surface area contributed by atoms with Crippen molar-refractivity contribution in [2.24, 2.45) is 0 Å². The summed E-state index contributed by atoms with van der Waals surface area (Å²) in [5, 5.41) is 18.4. The molecule has 3 aromatic carbocycles. The van der Waals surface area contributed by atoms with Crippen molar-refractivity contribution in [2.45, 2.75) is 19.0 Å². The lowest BCUT2D eigenvalue weighted by Crippen LogP contribution is -2.44. The summed E-state index contributed by atoms with van der Waals surface area (Å²) in [6, 6.07) is 19.6. The van der Waals surface area contributed by atoms with Crippen LogP contribution in [0.15, 0.2) is 60.7 Å². The van der Waals surface area contributed by atoms with E-state index in [1.54, 1.807) is 12.1 Å². The maximum absolute atomic E-state index is 12.5. The van der Waals surface area contributed by atoms with Crippen molar-refractivity contribution in [3.05, 3.63) is 77.4 Å². The van der Waals surface area contributed by atoms with Crippen molar-refractivity contribution in [1.29, 1.82) is 0 Å². The molecule has 3 aromatic rings. The number of rotatable bonds is 3. The van der Waals surface area contributed by atoms with Crippen LogP contribution >= 0.6 is 0 Å². The van der Waals surface area contributed by atoms with E-state index in [1.807, 2.05) is 36.4 Å². The normalized spacial score (nSPS) is 16.4. The van der Waals surface area contributed by atoms with Crippen LogP contribution < -0.4 is 10.6 Å². The highest BCUT2D eigenvalue weighted by Gasteiger charge is 2.19. The van der Waals surface area contributed by atoms with Crippen molar-refractivity contribution in [1.82, 2.24) is 10.6 Å². The van der Waals surface area contributed by atoms with E-state index in [-0.39, 0.29) is 17.7 Å². The van der Waals surface area contributed by atoms with Gasteiger partial charge in [-0.3, -0.25) is 4.79 Å². The maximum Gasteiger partial charge on any atom is 0.255 e. The van der Waals surface area contributed by atoms with Crippen molar-refractivity contribution in [3.8, 4) is 5.75 Å². The molecule has 0 saturated heterocycles. The lowest BCUT2D eigenvalue weighted by atomic mass is 9.96. The summed E-state index contributed by atoms with van der Waals surface area (Å²) in [4.78, 5) is 12.5. The van der Waals surface area contributed by atoms with E-state index in [0.29, 0.717) is 12.1 Å². The Balaban J connectivity index is 1.45. The molecule has 0 saturated carbocycles. The monoisotopic (exact) mass is 332 g/mol. The molecule has 4 nitrogen and oxygen atoms in total. The van der Waals surface area contributed by atoms with Crippen molar-refractivity contribution < 1.29 is 9.90 Å². The summed E-state index contributed by atoms with van der Waals surface area (Å²) in [5.74, 6) is -0.234. The fraction of sp³-hybridized carbons (Fsp3) is 0.190. The minimum atomic E-state index is -0.246. The van der Waals surface area contributed by atoms with Crippen LogP contribution in [0.4, 0.5) is 0 Å². The van der Waals surface area contributed by atoms with Gasteiger partial charge in [-0.1, -0.05) is 48.5 Å². The molecule has 0 radical (unpaired) electrons. The first kappa shape index (κ1) is 15.7. The number of aromatic hydroxyl groups is 1. The first-order valence-corrected chi connectivity index (χ1v) is 8.51. The molecule has 4 heteroatoms. The molecule has 1 unspecified atom stereocenters. The van der Waals surface area contributed by atoms with E-state index in [4.69, 9.17) is 0 Å². The molecular weight excluding hydrogens is 312 g/mol. The molecule has 1 aliphatic heterocycles. The molecule has 1 atom stereocenters. The van der Waals surface area contributed by atoms with E-state index < -0.39 is 0 Å². The Kier molecular flexibility index (Phi) is 4.12. The van der Waals surface area contributed by atoms with Gasteiger partial charge in [-0.2, -0.15) is 0 Å². The maximum atomic E-state index is 12.5. The highest BCUT2D eigenvalue weighted by molar-refractivity contribution is 6.01. The van der Waals surface area contributed by atoms with E-state index in [2.05, 4.69) is 22.8 Å². The van der Waals surface area contributed by atoms with Crippen LogP contribution in [0.1, 0.15) is 21.5 Å². The molecule has 0 aromatic heterocycles. The second-order valence-corrected chi connectivity index (χ2v) is 6.48. The van der Waals surface area contributed by atoms with Gasteiger partial charge in [0.05, 0.1) is 5.56 Å². The Morgan fingerprint density at radius 1 is 1.04 bits per heavy atom. The first-order chi connectivity index (χ1) is 12.2. The molecule has 3 N–H and O–H groups in total. The van der Waals surface area contributed by atoms with Crippen LogP contribution in [-0.4, -0.2) is 23.6 Å². The SMILES string of the molecule is O=C(NCC1Cc2ccccc2CN1)c1cc2ccccc2cc1O. The van der Waals surface area contributed by atoms with Crippen LogP contribution in [0.5, 0.6) is 5.75 Å². The van der Waals surface area contributed by atoms with Gasteiger partial charge in [0.15, 0.2) is 0 Å². The Morgan fingerprint density at radius 3 is 2.52 bits per heavy atom. The summed E-state index contributed by atoms with van der Waals surface area (Å²) < 4.78 is 0. The third-order valence-corrected chi connectivity index (χ3v) is 4.78. The molecule has 1 aliphatic rings. The zero-order chi connectivity index (χ0) is 17.2. The second kappa shape index (κ2) is 6.57. The Morgan fingerprint density at radius 2 is 1.72 bits per heavy atom. The predicted molar refractivity (Wildman–Crippen MR) is 98.7 cm³/mol. The van der Waals surface area contributed by atoms with Gasteiger partial charge in [0, 0.05) is 19.1 Å². The minimum Gasteiger partial charge on any atom is -0.507 e. The molecule has 0 aliphatic carbocycles. The number of phenols is 1. The highest BCUT2D eigenvalue weighted by Crippen LogP contribution is 2.25. The smallest absolute Gasteiger partial charge is 0.255 e. The van der Waals surface area contributed by atoms with Crippen LogP contribution in [-0.2, 0) is 13.0 Å². The van der Waals surface area contributed by atoms with Gasteiger partial charge in [0.1, 0.15) is 5.75 Å². The van der Waals surface area contributed by atoms with Crippen molar-refractivity contribution >= 4 is 16.7 Å². The van der Waals surface area contributed by atoms with Gasteiger partial charge in [-0.25, -0.2) is 0 Å². The Labute approximate surface area is 146 Å². The fourth-order valence-electron chi connectivity index (χ4n) is 3.39. The standard InChI is InChI=1S/C21H20N2O2/c24-20-11-16-7-2-1-6-15(16)10-19(20)21(25)23-13-18-9-14-5-3-4-8-17(14)12-22-18/h1-8,10-11,18,22,24H,9,12-13H2,(H,23,25). The first-order valence-electron chi connectivity index (χ1n) is 8.51. The number of hydrogen-bond acceptors (Lipinski definition) is 3. The molecule has 1 heterocycles. The number of amides is 1. The largest absolute Gasteiger partial charge is 0.507 e. The molecular formula is C21H20N2O2. The molecule has 4 rings (SSSR count). The molecule has 1 amide bonds. The van der Waals surface area contributed by atoms with Crippen LogP contribution in [0.25, 0.3) is 10.8 Å². The number of hydrogen-bond donors (Lipinski definition) is 3. The van der Waals surface area contributed by atoms with E-state index >= 15 is 0 Å². The number of carbonyl (C=O) groups is 1. The lowest BCUT2D eigenvalue weighted by molar-refractivity contribution is 0.0946. The molecule has 0 fully saturated rings. The van der Waals surface area contributed by atoms with E-state index in [9.17, 15) is 9.90 Å². The average Bonchev–Trinajstić information content (AvgIpc) is 2.65. The minimum absolute atomic E-state index is 0.0122. The third kappa shape index (κ3) is 3.21. The molecule has 0 bridgehead atoms. The fourth-order valence-corrected chi connectivity index (χ4v) is 3.39. The van der Waals surface area contributed by atoms with Gasteiger partial charge in [-0.05, 0) is 40.5 Å². The second-order valence-electron chi connectivity index (χ2n) is 6.48.